The van der Waals surface area contributed by atoms with Crippen molar-refractivity contribution in [3.63, 3.8) is 0 Å². The number of hydrogen-bond acceptors (Lipinski definition) is 4. The highest BCUT2D eigenvalue weighted by atomic mass is 16.5. The molecule has 6 heteroatoms. The minimum absolute atomic E-state index is 0.0172. The summed E-state index contributed by atoms with van der Waals surface area (Å²) < 4.78 is 4.96. The minimum Gasteiger partial charge on any atom is -0.445 e. The van der Waals surface area contributed by atoms with E-state index in [2.05, 4.69) is 17.2 Å². The van der Waals surface area contributed by atoms with E-state index in [4.69, 9.17) is 4.74 Å². The maximum atomic E-state index is 13.1. The lowest BCUT2D eigenvalue weighted by atomic mass is 10.0. The second kappa shape index (κ2) is 10.5. The highest BCUT2D eigenvalue weighted by molar-refractivity contribution is 6.14. The van der Waals surface area contributed by atoms with Gasteiger partial charge < -0.3 is 15.4 Å². The molecule has 0 aliphatic rings. The van der Waals surface area contributed by atoms with Gasteiger partial charge in [-0.05, 0) is 17.7 Å². The molecule has 156 valence electrons. The van der Waals surface area contributed by atoms with Crippen LogP contribution in [0.5, 0.6) is 0 Å². The van der Waals surface area contributed by atoms with E-state index in [1.165, 1.54) is 6.08 Å². The van der Waals surface area contributed by atoms with Gasteiger partial charge in [-0.15, -0.1) is 0 Å². The zero-order valence-electron chi connectivity index (χ0n) is 16.8. The number of carbonyl (C=O) groups is 3. The number of ether oxygens (including phenoxy) is 1. The van der Waals surface area contributed by atoms with Crippen LogP contribution in [-0.4, -0.2) is 24.4 Å². The molecule has 0 heterocycles. The Morgan fingerprint density at radius 2 is 1.48 bits per heavy atom. The van der Waals surface area contributed by atoms with E-state index in [0.717, 1.165) is 0 Å². The normalized spacial score (nSPS) is 11.1. The summed E-state index contributed by atoms with van der Waals surface area (Å²) in [4.78, 5) is 38.1. The van der Waals surface area contributed by atoms with Gasteiger partial charge in [-0.25, -0.2) is 4.79 Å². The molecule has 0 bridgehead atoms. The second-order valence-electron chi connectivity index (χ2n) is 6.61. The van der Waals surface area contributed by atoms with Gasteiger partial charge in [0.1, 0.15) is 12.6 Å². The molecule has 0 aliphatic carbocycles. The van der Waals surface area contributed by atoms with Crippen LogP contribution in [0.15, 0.2) is 97.6 Å². The van der Waals surface area contributed by atoms with Crippen molar-refractivity contribution in [2.75, 3.05) is 11.9 Å². The van der Waals surface area contributed by atoms with Gasteiger partial charge in [0.2, 0.25) is 0 Å². The van der Waals surface area contributed by atoms with Gasteiger partial charge in [0.05, 0.1) is 5.69 Å². The van der Waals surface area contributed by atoms with Gasteiger partial charge in [0, 0.05) is 11.1 Å². The largest absolute Gasteiger partial charge is 0.445 e. The number of ketones is 1. The molecule has 3 aromatic rings. The van der Waals surface area contributed by atoms with Crippen molar-refractivity contribution >= 4 is 23.5 Å². The highest BCUT2D eigenvalue weighted by Crippen LogP contribution is 2.22. The Bertz CT molecular complexity index is 1070. The molecule has 0 aromatic heterocycles. The number of nitrogens with one attached hydrogen (secondary N) is 2. The Hall–Kier alpha value is -4.19. The van der Waals surface area contributed by atoms with Crippen LogP contribution in [0.1, 0.15) is 27.5 Å². The Labute approximate surface area is 180 Å². The van der Waals surface area contributed by atoms with E-state index < -0.39 is 18.0 Å². The third kappa shape index (κ3) is 5.67. The van der Waals surface area contributed by atoms with Crippen molar-refractivity contribution in [3.8, 4) is 0 Å². The average molecular weight is 414 g/mol. The van der Waals surface area contributed by atoms with Crippen LogP contribution in [0.3, 0.4) is 0 Å². The number of amides is 2. The predicted octanol–water partition coefficient (Wildman–Crippen LogP) is 4.51. The first kappa shape index (κ1) is 21.5. The molecule has 0 aliphatic heterocycles. The highest BCUT2D eigenvalue weighted by Gasteiger charge is 2.25. The lowest BCUT2D eigenvalue weighted by molar-refractivity contribution is -0.118. The molecule has 0 spiro atoms. The smallest absolute Gasteiger partial charge is 0.408 e. The summed E-state index contributed by atoms with van der Waals surface area (Å²) in [6.07, 6.45) is 0.681. The lowest BCUT2D eigenvalue weighted by Gasteiger charge is -2.19. The summed E-state index contributed by atoms with van der Waals surface area (Å²) in [5.74, 6) is -0.721. The van der Waals surface area contributed by atoms with Gasteiger partial charge in [-0.2, -0.15) is 0 Å². The number of rotatable bonds is 8. The third-order valence-electron chi connectivity index (χ3n) is 4.46. The average Bonchev–Trinajstić information content (AvgIpc) is 2.82. The zero-order valence-corrected chi connectivity index (χ0v) is 16.8. The first-order valence-corrected chi connectivity index (χ1v) is 9.69. The maximum Gasteiger partial charge on any atom is 0.408 e. The van der Waals surface area contributed by atoms with Gasteiger partial charge in [0.15, 0.2) is 5.78 Å². The molecule has 31 heavy (non-hydrogen) atoms. The summed E-state index contributed by atoms with van der Waals surface area (Å²) in [7, 11) is 0. The number of carbonyl (C=O) groups excluding carboxylic acids is 3. The Morgan fingerprint density at radius 1 is 0.871 bits per heavy atom. The van der Waals surface area contributed by atoms with Gasteiger partial charge in [-0.1, -0.05) is 85.5 Å². The van der Waals surface area contributed by atoms with Crippen LogP contribution in [0.25, 0.3) is 0 Å². The standard InChI is InChI=1S/C25H22N2O4/c1-2-17-31-25(30)27-22(18-11-5-3-6-12-18)24(29)26-21-16-10-9-15-20(21)23(28)19-13-7-4-8-14-19/h2-16,22H,1,17H2,(H,26,29)(H,27,30). The van der Waals surface area contributed by atoms with E-state index in [0.29, 0.717) is 22.4 Å². The molecule has 3 aromatic carbocycles. The Morgan fingerprint density at radius 3 is 2.16 bits per heavy atom. The molecule has 2 amide bonds. The summed E-state index contributed by atoms with van der Waals surface area (Å²) >= 11 is 0. The fraction of sp³-hybridized carbons (Fsp3) is 0.0800. The van der Waals surface area contributed by atoms with E-state index in [1.807, 2.05) is 12.1 Å². The van der Waals surface area contributed by atoms with Gasteiger partial charge in [0.25, 0.3) is 5.91 Å². The molecule has 6 nitrogen and oxygen atoms in total. The molecule has 1 unspecified atom stereocenters. The van der Waals surface area contributed by atoms with E-state index in [9.17, 15) is 14.4 Å². The van der Waals surface area contributed by atoms with Crippen molar-refractivity contribution in [3.05, 3.63) is 114 Å². The minimum atomic E-state index is -1.02. The molecule has 0 saturated carbocycles. The van der Waals surface area contributed by atoms with Crippen LogP contribution in [0.4, 0.5) is 10.5 Å². The predicted molar refractivity (Wildman–Crippen MR) is 119 cm³/mol. The Kier molecular flexibility index (Phi) is 7.32. The van der Waals surface area contributed by atoms with Crippen LogP contribution >= 0.6 is 0 Å². The fourth-order valence-electron chi connectivity index (χ4n) is 2.98. The number of benzene rings is 3. The molecular weight excluding hydrogens is 392 g/mol. The lowest BCUT2D eigenvalue weighted by Crippen LogP contribution is -2.37. The monoisotopic (exact) mass is 414 g/mol. The first-order valence-electron chi connectivity index (χ1n) is 9.69. The molecule has 0 radical (unpaired) electrons. The Balaban J connectivity index is 1.86. The second-order valence-corrected chi connectivity index (χ2v) is 6.61. The quantitative estimate of drug-likeness (QED) is 0.420. The molecule has 3 rings (SSSR count). The first-order chi connectivity index (χ1) is 15.1. The van der Waals surface area contributed by atoms with E-state index >= 15 is 0 Å². The third-order valence-corrected chi connectivity index (χ3v) is 4.46. The fourth-order valence-corrected chi connectivity index (χ4v) is 2.98. The van der Waals surface area contributed by atoms with Crippen LogP contribution in [-0.2, 0) is 9.53 Å². The van der Waals surface area contributed by atoms with E-state index in [1.54, 1.807) is 72.8 Å². The summed E-state index contributed by atoms with van der Waals surface area (Å²) in [6.45, 7) is 3.51. The molecular formula is C25H22N2O4. The number of alkyl carbamates (subject to hydrolysis) is 1. The van der Waals surface area contributed by atoms with Crippen molar-refractivity contribution < 1.29 is 19.1 Å². The van der Waals surface area contributed by atoms with Gasteiger partial charge in [-0.3, -0.25) is 9.59 Å². The summed E-state index contributed by atoms with van der Waals surface area (Å²) in [5, 5.41) is 5.33. The number of hydrogen-bond donors (Lipinski definition) is 2. The van der Waals surface area contributed by atoms with Crippen LogP contribution < -0.4 is 10.6 Å². The molecule has 0 fully saturated rings. The van der Waals surface area contributed by atoms with Gasteiger partial charge >= 0.3 is 6.09 Å². The van der Waals surface area contributed by atoms with Crippen LogP contribution in [0, 0.1) is 0 Å². The summed E-state index contributed by atoms with van der Waals surface area (Å²) in [6, 6.07) is 23.3. The van der Waals surface area contributed by atoms with Crippen molar-refractivity contribution in [1.29, 1.82) is 0 Å². The molecule has 1 atom stereocenters. The van der Waals surface area contributed by atoms with Crippen molar-refractivity contribution in [2.45, 2.75) is 6.04 Å². The van der Waals surface area contributed by atoms with E-state index in [-0.39, 0.29) is 12.4 Å². The van der Waals surface area contributed by atoms with Crippen molar-refractivity contribution in [1.82, 2.24) is 5.32 Å². The zero-order chi connectivity index (χ0) is 22.1. The number of para-hydroxylation sites is 1. The number of anilines is 1. The molecule has 2 N–H and O–H groups in total. The van der Waals surface area contributed by atoms with Crippen molar-refractivity contribution in [2.24, 2.45) is 0 Å². The maximum absolute atomic E-state index is 13.1. The summed E-state index contributed by atoms with van der Waals surface area (Å²) in [5.41, 5.74) is 1.78. The SMILES string of the molecule is C=CCOC(=O)NC(C(=O)Nc1ccccc1C(=O)c1ccccc1)c1ccccc1. The topological polar surface area (TPSA) is 84.5 Å². The van der Waals surface area contributed by atoms with Crippen LogP contribution in [0.2, 0.25) is 0 Å². The molecule has 0 saturated heterocycles.